The van der Waals surface area contributed by atoms with Crippen LogP contribution in [0.1, 0.15) is 0 Å². The molecule has 2 aromatic carbocycles. The van der Waals surface area contributed by atoms with E-state index in [1.807, 2.05) is 53.2 Å². The Hall–Kier alpha value is -3.02. The van der Waals surface area contributed by atoms with Crippen LogP contribution in [0.15, 0.2) is 60.7 Å². The smallest absolute Gasteiger partial charge is 0.121 e. The monoisotopic (exact) mass is 435 g/mol. The molecule has 0 spiro atoms. The zero-order chi connectivity index (χ0) is 22.3. The van der Waals surface area contributed by atoms with Crippen LogP contribution in [-0.4, -0.2) is 67.8 Å². The SMILES string of the molecule is C#CCOCCOCCOCCOCCn1nnc(-c2ccccc2)c1-c1ccccc1. The summed E-state index contributed by atoms with van der Waals surface area (Å²) in [5.41, 5.74) is 3.96. The molecular formula is C25H29N3O4. The van der Waals surface area contributed by atoms with Crippen molar-refractivity contribution in [3.05, 3.63) is 60.7 Å². The Morgan fingerprint density at radius 1 is 0.688 bits per heavy atom. The van der Waals surface area contributed by atoms with Gasteiger partial charge in [-0.25, -0.2) is 4.68 Å². The van der Waals surface area contributed by atoms with Gasteiger partial charge < -0.3 is 18.9 Å². The number of ether oxygens (including phenoxy) is 4. The summed E-state index contributed by atoms with van der Waals surface area (Å²) in [5.74, 6) is 2.41. The van der Waals surface area contributed by atoms with Gasteiger partial charge in [-0.1, -0.05) is 71.8 Å². The zero-order valence-corrected chi connectivity index (χ0v) is 18.2. The second kappa shape index (κ2) is 14.1. The number of nitrogens with zero attached hydrogens (tertiary/aromatic N) is 3. The molecule has 1 heterocycles. The van der Waals surface area contributed by atoms with Crippen molar-refractivity contribution < 1.29 is 18.9 Å². The van der Waals surface area contributed by atoms with Gasteiger partial charge in [0.2, 0.25) is 0 Å². The Bertz CT molecular complexity index is 939. The topological polar surface area (TPSA) is 67.6 Å². The first-order valence-corrected chi connectivity index (χ1v) is 10.7. The summed E-state index contributed by atoms with van der Waals surface area (Å²) < 4.78 is 23.6. The molecule has 0 N–H and O–H groups in total. The van der Waals surface area contributed by atoms with Gasteiger partial charge in [0.05, 0.1) is 58.5 Å². The van der Waals surface area contributed by atoms with E-state index in [9.17, 15) is 0 Å². The lowest BCUT2D eigenvalue weighted by Gasteiger charge is -2.10. The fraction of sp³-hybridized carbons (Fsp3) is 0.360. The molecule has 0 fully saturated rings. The molecule has 0 saturated carbocycles. The van der Waals surface area contributed by atoms with Crippen LogP contribution in [0, 0.1) is 12.3 Å². The second-order valence-corrected chi connectivity index (χ2v) is 6.84. The van der Waals surface area contributed by atoms with Gasteiger partial charge in [0, 0.05) is 11.1 Å². The van der Waals surface area contributed by atoms with E-state index >= 15 is 0 Å². The highest BCUT2D eigenvalue weighted by Crippen LogP contribution is 2.29. The molecule has 168 valence electrons. The van der Waals surface area contributed by atoms with Crippen LogP contribution in [0.5, 0.6) is 0 Å². The summed E-state index contributed by atoms with van der Waals surface area (Å²) in [6.07, 6.45) is 5.10. The number of benzene rings is 2. The third-order valence-electron chi connectivity index (χ3n) is 4.58. The summed E-state index contributed by atoms with van der Waals surface area (Å²) in [5, 5.41) is 8.82. The standard InChI is InChI=1S/C25H29N3O4/c1-2-14-29-16-18-31-20-21-32-19-17-30-15-13-28-25(23-11-7-4-8-12-23)24(26-27-28)22-9-5-3-6-10-22/h1,3-12H,13-21H2. The van der Waals surface area contributed by atoms with Crippen molar-refractivity contribution in [2.45, 2.75) is 6.54 Å². The molecule has 0 radical (unpaired) electrons. The Morgan fingerprint density at radius 3 is 1.81 bits per heavy atom. The Kier molecular flexibility index (Phi) is 10.4. The van der Waals surface area contributed by atoms with E-state index in [4.69, 9.17) is 25.4 Å². The lowest BCUT2D eigenvalue weighted by atomic mass is 10.0. The molecule has 0 unspecified atom stereocenters. The van der Waals surface area contributed by atoms with E-state index in [-0.39, 0.29) is 0 Å². The molecule has 3 rings (SSSR count). The average molecular weight is 436 g/mol. The van der Waals surface area contributed by atoms with Crippen LogP contribution >= 0.6 is 0 Å². The first-order valence-electron chi connectivity index (χ1n) is 10.7. The van der Waals surface area contributed by atoms with Gasteiger partial charge >= 0.3 is 0 Å². The van der Waals surface area contributed by atoms with E-state index in [0.29, 0.717) is 59.4 Å². The first kappa shape index (κ1) is 23.6. The molecule has 3 aromatic rings. The van der Waals surface area contributed by atoms with E-state index < -0.39 is 0 Å². The predicted octanol–water partition coefficient (Wildman–Crippen LogP) is 3.31. The summed E-state index contributed by atoms with van der Waals surface area (Å²) in [6, 6.07) is 20.3. The number of hydrogen-bond donors (Lipinski definition) is 0. The second-order valence-electron chi connectivity index (χ2n) is 6.84. The van der Waals surface area contributed by atoms with Crippen LogP contribution < -0.4 is 0 Å². The van der Waals surface area contributed by atoms with Crippen molar-refractivity contribution in [2.75, 3.05) is 52.9 Å². The van der Waals surface area contributed by atoms with E-state index in [0.717, 1.165) is 22.5 Å². The van der Waals surface area contributed by atoms with Gasteiger partial charge in [0.15, 0.2) is 0 Å². The first-order chi connectivity index (χ1) is 15.9. The highest BCUT2D eigenvalue weighted by Gasteiger charge is 2.16. The number of terminal acetylenes is 1. The molecule has 7 nitrogen and oxygen atoms in total. The van der Waals surface area contributed by atoms with E-state index in [1.165, 1.54) is 0 Å². The Labute approximate surface area is 189 Å². The van der Waals surface area contributed by atoms with Gasteiger partial charge in [-0.2, -0.15) is 0 Å². The summed E-state index contributed by atoms with van der Waals surface area (Å²) in [4.78, 5) is 0. The van der Waals surface area contributed by atoms with Crippen molar-refractivity contribution in [1.82, 2.24) is 15.0 Å². The normalized spacial score (nSPS) is 10.8. The minimum absolute atomic E-state index is 0.312. The lowest BCUT2D eigenvalue weighted by Crippen LogP contribution is -2.14. The number of hydrogen-bond acceptors (Lipinski definition) is 6. The van der Waals surface area contributed by atoms with Crippen molar-refractivity contribution in [3.8, 4) is 34.9 Å². The minimum atomic E-state index is 0.312. The molecule has 0 saturated heterocycles. The summed E-state index contributed by atoms with van der Waals surface area (Å²) >= 11 is 0. The van der Waals surface area contributed by atoms with Gasteiger partial charge in [-0.05, 0) is 0 Å². The molecule has 0 amide bonds. The maximum absolute atomic E-state index is 5.72. The maximum atomic E-state index is 5.72. The fourth-order valence-electron chi connectivity index (χ4n) is 3.08. The molecular weight excluding hydrogens is 406 g/mol. The van der Waals surface area contributed by atoms with Gasteiger partial charge in [-0.3, -0.25) is 0 Å². The molecule has 1 aromatic heterocycles. The van der Waals surface area contributed by atoms with Gasteiger partial charge in [0.25, 0.3) is 0 Å². The van der Waals surface area contributed by atoms with Crippen LogP contribution in [0.4, 0.5) is 0 Å². The molecule has 32 heavy (non-hydrogen) atoms. The van der Waals surface area contributed by atoms with E-state index in [1.54, 1.807) is 0 Å². The highest BCUT2D eigenvalue weighted by atomic mass is 16.6. The minimum Gasteiger partial charge on any atom is -0.377 e. The quantitative estimate of drug-likeness (QED) is 0.270. The molecule has 7 heteroatoms. The largest absolute Gasteiger partial charge is 0.377 e. The molecule has 0 aliphatic carbocycles. The van der Waals surface area contributed by atoms with Crippen LogP contribution in [0.3, 0.4) is 0 Å². The number of rotatable bonds is 15. The molecule has 0 bridgehead atoms. The average Bonchev–Trinajstić information content (AvgIpc) is 3.27. The lowest BCUT2D eigenvalue weighted by molar-refractivity contribution is 0.000234. The molecule has 0 aliphatic rings. The Morgan fingerprint density at radius 2 is 1.22 bits per heavy atom. The highest BCUT2D eigenvalue weighted by molar-refractivity contribution is 5.77. The zero-order valence-electron chi connectivity index (χ0n) is 18.2. The number of aromatic nitrogens is 3. The maximum Gasteiger partial charge on any atom is 0.121 e. The van der Waals surface area contributed by atoms with Crippen molar-refractivity contribution in [2.24, 2.45) is 0 Å². The van der Waals surface area contributed by atoms with Crippen molar-refractivity contribution in [1.29, 1.82) is 0 Å². The van der Waals surface area contributed by atoms with Crippen LogP contribution in [0.25, 0.3) is 22.5 Å². The third kappa shape index (κ3) is 7.59. The Balaban J connectivity index is 1.40. The summed E-state index contributed by atoms with van der Waals surface area (Å²) in [6.45, 7) is 4.48. The van der Waals surface area contributed by atoms with Gasteiger partial charge in [-0.15, -0.1) is 11.5 Å². The third-order valence-corrected chi connectivity index (χ3v) is 4.58. The molecule has 0 atom stereocenters. The molecule has 0 aliphatic heterocycles. The van der Waals surface area contributed by atoms with Crippen molar-refractivity contribution >= 4 is 0 Å². The summed E-state index contributed by atoms with van der Waals surface area (Å²) in [7, 11) is 0. The van der Waals surface area contributed by atoms with E-state index in [2.05, 4.69) is 28.4 Å². The fourth-order valence-corrected chi connectivity index (χ4v) is 3.08. The van der Waals surface area contributed by atoms with Gasteiger partial charge in [0.1, 0.15) is 12.3 Å². The van der Waals surface area contributed by atoms with Crippen molar-refractivity contribution in [3.63, 3.8) is 0 Å². The van der Waals surface area contributed by atoms with Crippen LogP contribution in [0.2, 0.25) is 0 Å². The van der Waals surface area contributed by atoms with Crippen LogP contribution in [-0.2, 0) is 25.5 Å². The predicted molar refractivity (Wildman–Crippen MR) is 123 cm³/mol.